The molecule has 0 radical (unpaired) electrons. The van der Waals surface area contributed by atoms with Crippen molar-refractivity contribution in [3.63, 3.8) is 0 Å². The molecule has 1 aliphatic rings. The number of ketones is 1. The lowest BCUT2D eigenvalue weighted by molar-refractivity contribution is 0.0994. The number of H-pyrrole nitrogens is 1. The molecule has 0 saturated heterocycles. The first-order valence-electron chi connectivity index (χ1n) is 8.83. The summed E-state index contributed by atoms with van der Waals surface area (Å²) in [5.74, 6) is 0.699. The maximum Gasteiger partial charge on any atom is 0.260 e. The van der Waals surface area contributed by atoms with Crippen LogP contribution in [0, 0.1) is 5.92 Å². The van der Waals surface area contributed by atoms with Crippen molar-refractivity contribution in [3.8, 4) is 0 Å². The minimum absolute atomic E-state index is 0.0395. The van der Waals surface area contributed by atoms with Crippen molar-refractivity contribution in [3.05, 3.63) is 56.7 Å². The van der Waals surface area contributed by atoms with Gasteiger partial charge in [0.2, 0.25) is 0 Å². The fourth-order valence-electron chi connectivity index (χ4n) is 3.44. The molecule has 2 atom stereocenters. The third kappa shape index (κ3) is 3.23. The van der Waals surface area contributed by atoms with Crippen molar-refractivity contribution in [1.29, 1.82) is 0 Å². The van der Waals surface area contributed by atoms with E-state index < -0.39 is 0 Å². The van der Waals surface area contributed by atoms with Gasteiger partial charge in [0.05, 0.1) is 10.6 Å². The van der Waals surface area contributed by atoms with Crippen LogP contribution in [0.25, 0.3) is 10.2 Å². The Morgan fingerprint density at radius 1 is 1.35 bits per heavy atom. The van der Waals surface area contributed by atoms with Crippen molar-refractivity contribution < 1.29 is 4.79 Å². The van der Waals surface area contributed by atoms with Gasteiger partial charge in [-0.05, 0) is 37.7 Å². The Bertz CT molecular complexity index is 1020. The lowest BCUT2D eigenvalue weighted by Gasteiger charge is -2.17. The summed E-state index contributed by atoms with van der Waals surface area (Å²) in [5.41, 5.74) is 1.78. The predicted octanol–water partition coefficient (Wildman–Crippen LogP) is 4.47. The van der Waals surface area contributed by atoms with E-state index in [1.807, 2.05) is 37.3 Å². The van der Waals surface area contributed by atoms with E-state index >= 15 is 0 Å². The molecule has 0 spiro atoms. The van der Waals surface area contributed by atoms with E-state index in [9.17, 15) is 9.59 Å². The summed E-state index contributed by atoms with van der Waals surface area (Å²) < 4.78 is 0. The number of carbonyl (C=O) groups is 1. The summed E-state index contributed by atoms with van der Waals surface area (Å²) in [7, 11) is 0. The Morgan fingerprint density at radius 2 is 2.12 bits per heavy atom. The van der Waals surface area contributed by atoms with Gasteiger partial charge in [-0.15, -0.1) is 11.3 Å². The standard InChI is InChI=1S/C20H20N2O2S2/c1-11-8-9-14-15(10-11)26-19-16(14)18(24)21-20(22-19)25-12(2)17(23)13-6-4-3-5-7-13/h3-7,11-12H,8-10H2,1-2H3,(H,21,22,24). The number of aryl methyl sites for hydroxylation is 1. The van der Waals surface area contributed by atoms with Gasteiger partial charge in [0.25, 0.3) is 5.56 Å². The molecule has 2 unspecified atom stereocenters. The van der Waals surface area contributed by atoms with Crippen LogP contribution in [0.4, 0.5) is 0 Å². The van der Waals surface area contributed by atoms with Crippen LogP contribution in [0.1, 0.15) is 41.1 Å². The number of fused-ring (bicyclic) bond motifs is 3. The molecule has 1 aliphatic carbocycles. The van der Waals surface area contributed by atoms with Gasteiger partial charge in [-0.3, -0.25) is 9.59 Å². The largest absolute Gasteiger partial charge is 0.301 e. The zero-order valence-corrected chi connectivity index (χ0v) is 16.4. The zero-order valence-electron chi connectivity index (χ0n) is 14.7. The molecule has 134 valence electrons. The SMILES string of the molecule is CC1CCc2c(sc3nc(SC(C)C(=O)c4ccccc4)[nH]c(=O)c23)C1. The molecule has 1 aromatic carbocycles. The van der Waals surface area contributed by atoms with Crippen molar-refractivity contribution >= 4 is 39.1 Å². The lowest BCUT2D eigenvalue weighted by Crippen LogP contribution is -2.16. The number of thiophene rings is 1. The van der Waals surface area contributed by atoms with E-state index in [2.05, 4.69) is 16.9 Å². The number of aromatic amines is 1. The Morgan fingerprint density at radius 3 is 2.88 bits per heavy atom. The minimum Gasteiger partial charge on any atom is -0.301 e. The highest BCUT2D eigenvalue weighted by Crippen LogP contribution is 2.36. The summed E-state index contributed by atoms with van der Waals surface area (Å²) in [5, 5.41) is 0.960. The summed E-state index contributed by atoms with van der Waals surface area (Å²) in [6.07, 6.45) is 3.11. The fraction of sp³-hybridized carbons (Fsp3) is 0.350. The van der Waals surface area contributed by atoms with Gasteiger partial charge >= 0.3 is 0 Å². The van der Waals surface area contributed by atoms with Gasteiger partial charge in [0, 0.05) is 10.4 Å². The van der Waals surface area contributed by atoms with E-state index in [1.165, 1.54) is 22.2 Å². The van der Waals surface area contributed by atoms with Crippen LogP contribution in [0.5, 0.6) is 0 Å². The van der Waals surface area contributed by atoms with Gasteiger partial charge in [-0.25, -0.2) is 4.98 Å². The average molecular weight is 385 g/mol. The Balaban J connectivity index is 1.63. The summed E-state index contributed by atoms with van der Waals surface area (Å²) in [4.78, 5) is 34.8. The van der Waals surface area contributed by atoms with Crippen LogP contribution in [-0.4, -0.2) is 21.0 Å². The monoisotopic (exact) mass is 384 g/mol. The van der Waals surface area contributed by atoms with Crippen LogP contribution in [0.15, 0.2) is 40.3 Å². The number of Topliss-reactive ketones (excluding diaryl/α,β-unsaturated/α-hetero) is 1. The van der Waals surface area contributed by atoms with Crippen LogP contribution in [-0.2, 0) is 12.8 Å². The molecule has 3 aromatic rings. The maximum atomic E-state index is 12.6. The van der Waals surface area contributed by atoms with Gasteiger partial charge in [-0.2, -0.15) is 0 Å². The molecule has 0 amide bonds. The molecule has 4 nitrogen and oxygen atoms in total. The number of benzene rings is 1. The van der Waals surface area contributed by atoms with E-state index in [-0.39, 0.29) is 16.6 Å². The van der Waals surface area contributed by atoms with Crippen molar-refractivity contribution in [2.45, 2.75) is 43.5 Å². The zero-order chi connectivity index (χ0) is 18.3. The molecule has 0 fully saturated rings. The topological polar surface area (TPSA) is 62.8 Å². The lowest BCUT2D eigenvalue weighted by atomic mass is 9.89. The van der Waals surface area contributed by atoms with Crippen molar-refractivity contribution in [1.82, 2.24) is 9.97 Å². The van der Waals surface area contributed by atoms with Gasteiger partial charge < -0.3 is 4.98 Å². The first-order chi connectivity index (χ1) is 12.5. The van der Waals surface area contributed by atoms with E-state index in [1.54, 1.807) is 11.3 Å². The highest BCUT2D eigenvalue weighted by atomic mass is 32.2. The van der Waals surface area contributed by atoms with Gasteiger partial charge in [0.15, 0.2) is 10.9 Å². The summed E-state index contributed by atoms with van der Waals surface area (Å²) >= 11 is 2.95. The number of hydrogen-bond acceptors (Lipinski definition) is 5. The summed E-state index contributed by atoms with van der Waals surface area (Å²) in [6, 6.07) is 9.23. The van der Waals surface area contributed by atoms with Gasteiger partial charge in [0.1, 0.15) is 4.83 Å². The second-order valence-corrected chi connectivity index (χ2v) is 9.31. The molecule has 0 bridgehead atoms. The molecule has 1 N–H and O–H groups in total. The Hall–Kier alpha value is -1.92. The molecule has 0 saturated carbocycles. The molecule has 4 rings (SSSR count). The van der Waals surface area contributed by atoms with Crippen molar-refractivity contribution in [2.24, 2.45) is 5.92 Å². The van der Waals surface area contributed by atoms with E-state index in [0.717, 1.165) is 29.5 Å². The normalized spacial score (nSPS) is 17.8. The summed E-state index contributed by atoms with van der Waals surface area (Å²) in [6.45, 7) is 4.11. The molecule has 26 heavy (non-hydrogen) atoms. The van der Waals surface area contributed by atoms with Crippen LogP contribution in [0.2, 0.25) is 0 Å². The van der Waals surface area contributed by atoms with Crippen LogP contribution >= 0.6 is 23.1 Å². The van der Waals surface area contributed by atoms with E-state index in [0.29, 0.717) is 16.6 Å². The number of hydrogen-bond donors (Lipinski definition) is 1. The smallest absolute Gasteiger partial charge is 0.260 e. The molecule has 2 aromatic heterocycles. The quantitative estimate of drug-likeness (QED) is 0.409. The predicted molar refractivity (Wildman–Crippen MR) is 108 cm³/mol. The number of rotatable bonds is 4. The highest BCUT2D eigenvalue weighted by molar-refractivity contribution is 8.00. The Labute approximate surface area is 160 Å². The Kier molecular flexibility index (Phi) is 4.71. The molecule has 2 heterocycles. The van der Waals surface area contributed by atoms with Gasteiger partial charge in [-0.1, -0.05) is 49.0 Å². The first kappa shape index (κ1) is 17.5. The second-order valence-electron chi connectivity index (χ2n) is 6.89. The average Bonchev–Trinajstić information content (AvgIpc) is 2.99. The molecule has 6 heteroatoms. The van der Waals surface area contributed by atoms with Crippen LogP contribution in [0.3, 0.4) is 0 Å². The first-order valence-corrected chi connectivity index (χ1v) is 10.5. The number of aromatic nitrogens is 2. The second kappa shape index (κ2) is 7.00. The van der Waals surface area contributed by atoms with Crippen molar-refractivity contribution in [2.75, 3.05) is 0 Å². The molecule has 0 aliphatic heterocycles. The maximum absolute atomic E-state index is 12.6. The highest BCUT2D eigenvalue weighted by Gasteiger charge is 2.24. The third-order valence-electron chi connectivity index (χ3n) is 4.86. The number of carbonyl (C=O) groups excluding carboxylic acids is 1. The van der Waals surface area contributed by atoms with E-state index in [4.69, 9.17) is 0 Å². The minimum atomic E-state index is -0.312. The van der Waals surface area contributed by atoms with Crippen LogP contribution < -0.4 is 5.56 Å². The molecular formula is C20H20N2O2S2. The number of nitrogens with zero attached hydrogens (tertiary/aromatic N) is 1. The third-order valence-corrected chi connectivity index (χ3v) is 6.99. The molecular weight excluding hydrogens is 364 g/mol. The number of nitrogens with one attached hydrogen (secondary N) is 1. The number of thioether (sulfide) groups is 1. The fourth-order valence-corrected chi connectivity index (χ4v) is 5.76.